The molecule has 2 aromatic heterocycles. The molecular formula is C23H26ClF3N6O5. The molecule has 0 bridgehead atoms. The van der Waals surface area contributed by atoms with Crippen molar-refractivity contribution in [1.82, 2.24) is 24.6 Å². The summed E-state index contributed by atoms with van der Waals surface area (Å²) in [6.45, 7) is 7.09. The number of carbonyl (C=O) groups is 2. The highest BCUT2D eigenvalue weighted by molar-refractivity contribution is 6.31. The number of fused-ring (bicyclic) bond motifs is 2. The molecule has 3 aromatic rings. The van der Waals surface area contributed by atoms with Crippen molar-refractivity contribution in [2.24, 2.45) is 0 Å². The topological polar surface area (TPSA) is 146 Å². The molecule has 1 aliphatic heterocycles. The Morgan fingerprint density at radius 2 is 1.97 bits per heavy atom. The third kappa shape index (κ3) is 5.91. The van der Waals surface area contributed by atoms with E-state index in [0.717, 1.165) is 33.5 Å². The maximum absolute atomic E-state index is 12.5. The van der Waals surface area contributed by atoms with E-state index in [1.54, 1.807) is 4.90 Å². The van der Waals surface area contributed by atoms with Crippen LogP contribution in [0.2, 0.25) is 5.02 Å². The van der Waals surface area contributed by atoms with Gasteiger partial charge in [-0.25, -0.2) is 19.4 Å². The Morgan fingerprint density at radius 3 is 2.58 bits per heavy atom. The second-order valence-electron chi connectivity index (χ2n) is 8.44. The van der Waals surface area contributed by atoms with E-state index < -0.39 is 12.1 Å². The predicted molar refractivity (Wildman–Crippen MR) is 131 cm³/mol. The number of anilines is 1. The van der Waals surface area contributed by atoms with Gasteiger partial charge >= 0.3 is 12.1 Å². The number of hydrogen-bond donors (Lipinski definition) is 2. The Bertz CT molecular complexity index is 1360. The number of hydrogen-bond acceptors (Lipinski definition) is 8. The summed E-state index contributed by atoms with van der Waals surface area (Å²) in [6.07, 6.45) is -3.65. The summed E-state index contributed by atoms with van der Waals surface area (Å²) in [6, 6.07) is 1.67. The molecule has 206 valence electrons. The van der Waals surface area contributed by atoms with Crippen LogP contribution in [0.1, 0.15) is 35.3 Å². The lowest BCUT2D eigenvalue weighted by atomic mass is 9.98. The van der Waals surface area contributed by atoms with Gasteiger partial charge < -0.3 is 25.2 Å². The molecule has 1 aromatic carbocycles. The second kappa shape index (κ2) is 11.4. The van der Waals surface area contributed by atoms with E-state index in [4.69, 9.17) is 36.7 Å². The number of nitrogens with zero attached hydrogens (tertiary/aromatic N) is 5. The van der Waals surface area contributed by atoms with Crippen LogP contribution in [0.3, 0.4) is 0 Å². The molecule has 3 heterocycles. The summed E-state index contributed by atoms with van der Waals surface area (Å²) in [7, 11) is 1.51. The number of carboxylic acid groups (broad SMARTS) is 1. The van der Waals surface area contributed by atoms with Gasteiger partial charge in [0, 0.05) is 29.8 Å². The van der Waals surface area contributed by atoms with Gasteiger partial charge in [0.1, 0.15) is 31.1 Å². The largest absolute Gasteiger partial charge is 0.491 e. The lowest BCUT2D eigenvalue weighted by molar-refractivity contribution is -0.192. The Morgan fingerprint density at radius 1 is 1.32 bits per heavy atom. The van der Waals surface area contributed by atoms with Crippen LogP contribution >= 0.6 is 11.6 Å². The Balaban J connectivity index is 0.000000505. The van der Waals surface area contributed by atoms with Crippen LogP contribution in [0.25, 0.3) is 11.0 Å². The van der Waals surface area contributed by atoms with E-state index in [0.29, 0.717) is 36.2 Å². The number of methoxy groups -OCH3 is 1. The average molecular weight is 559 g/mol. The van der Waals surface area contributed by atoms with E-state index in [1.807, 2.05) is 31.5 Å². The lowest BCUT2D eigenvalue weighted by Crippen LogP contribution is -2.35. The molecule has 3 N–H and O–H groups in total. The zero-order valence-corrected chi connectivity index (χ0v) is 21.7. The highest BCUT2D eigenvalue weighted by Gasteiger charge is 2.38. The quantitative estimate of drug-likeness (QED) is 0.492. The summed E-state index contributed by atoms with van der Waals surface area (Å²) in [4.78, 5) is 31.6. The van der Waals surface area contributed by atoms with Crippen molar-refractivity contribution in [3.05, 3.63) is 39.8 Å². The average Bonchev–Trinajstić information content (AvgIpc) is 3.03. The summed E-state index contributed by atoms with van der Waals surface area (Å²) in [5.74, 6) is -1.72. The Labute approximate surface area is 220 Å². The van der Waals surface area contributed by atoms with Crippen LogP contribution in [-0.4, -0.2) is 74.7 Å². The molecule has 0 fully saturated rings. The third-order valence-electron chi connectivity index (χ3n) is 5.96. The minimum Gasteiger partial charge on any atom is -0.491 e. The molecule has 4 rings (SSSR count). The van der Waals surface area contributed by atoms with Crippen LogP contribution in [0, 0.1) is 13.8 Å². The van der Waals surface area contributed by atoms with Crippen LogP contribution in [-0.2, 0) is 20.9 Å². The number of alkyl halides is 3. The van der Waals surface area contributed by atoms with Gasteiger partial charge in [-0.05, 0) is 32.4 Å². The summed E-state index contributed by atoms with van der Waals surface area (Å²) in [5.41, 5.74) is 10.1. The number of rotatable bonds is 4. The first-order valence-electron chi connectivity index (χ1n) is 11.2. The van der Waals surface area contributed by atoms with Gasteiger partial charge in [-0.1, -0.05) is 11.6 Å². The van der Waals surface area contributed by atoms with E-state index in [1.165, 1.54) is 13.4 Å². The van der Waals surface area contributed by atoms with Gasteiger partial charge in [-0.15, -0.1) is 0 Å². The smallest absolute Gasteiger partial charge is 0.490 e. The lowest BCUT2D eigenvalue weighted by Gasteiger charge is -2.23. The molecule has 0 radical (unpaired) electrons. The Hall–Kier alpha value is -3.65. The molecule has 38 heavy (non-hydrogen) atoms. The van der Waals surface area contributed by atoms with Gasteiger partial charge in [0.15, 0.2) is 5.65 Å². The first-order chi connectivity index (χ1) is 17.8. The first kappa shape index (κ1) is 28.9. The van der Waals surface area contributed by atoms with Crippen molar-refractivity contribution in [3.63, 3.8) is 0 Å². The molecule has 1 amide bonds. The molecule has 11 nitrogen and oxygen atoms in total. The molecule has 0 aliphatic carbocycles. The fourth-order valence-corrected chi connectivity index (χ4v) is 4.23. The third-order valence-corrected chi connectivity index (χ3v) is 6.35. The number of ether oxygens (including phenoxy) is 2. The standard InChI is InChI=1S/C21H25ClN6O3.C2HF3O2/c1-11-15-8-27(17(29)9-30-4)5-6-31-19(15)14(7-16(11)22)13(3)28-21-18(12(2)26-28)20(23)24-10-25-21;3-2(4,5)1(6)7/h7,10,13H,5-6,8-9H2,1-4H3,(H2,23,24,25);(H,6,7). The van der Waals surface area contributed by atoms with Crippen LogP contribution in [0.4, 0.5) is 19.0 Å². The number of nitrogens with two attached hydrogens (primary N) is 1. The normalized spacial score (nSPS) is 14.2. The van der Waals surface area contributed by atoms with Crippen molar-refractivity contribution in [1.29, 1.82) is 0 Å². The first-order valence-corrected chi connectivity index (χ1v) is 11.6. The number of aromatic nitrogens is 4. The number of halogens is 4. The maximum Gasteiger partial charge on any atom is 0.490 e. The fraction of sp³-hybridized carbons (Fsp3) is 0.435. The van der Waals surface area contributed by atoms with Gasteiger partial charge in [0.05, 0.1) is 23.7 Å². The molecule has 0 saturated carbocycles. The fourth-order valence-electron chi connectivity index (χ4n) is 4.00. The van der Waals surface area contributed by atoms with E-state index >= 15 is 0 Å². The summed E-state index contributed by atoms with van der Waals surface area (Å²) >= 11 is 6.61. The minimum atomic E-state index is -5.08. The minimum absolute atomic E-state index is 0.0257. The number of aliphatic carboxylic acids is 1. The van der Waals surface area contributed by atoms with Gasteiger partial charge in [0.25, 0.3) is 0 Å². The SMILES string of the molecule is COCC(=O)N1CCOc2c(C(C)n3nc(C)c4c(N)ncnc43)cc(Cl)c(C)c2C1.O=C(O)C(F)(F)F. The number of aryl methyl sites for hydroxylation is 1. The van der Waals surface area contributed by atoms with Crippen LogP contribution < -0.4 is 10.5 Å². The predicted octanol–water partition coefficient (Wildman–Crippen LogP) is 3.29. The van der Waals surface area contributed by atoms with Gasteiger partial charge in [-0.3, -0.25) is 4.79 Å². The van der Waals surface area contributed by atoms with Crippen LogP contribution in [0.5, 0.6) is 5.75 Å². The van der Waals surface area contributed by atoms with Crippen molar-refractivity contribution >= 4 is 40.3 Å². The molecule has 0 spiro atoms. The Kier molecular flexibility index (Phi) is 8.67. The highest BCUT2D eigenvalue weighted by atomic mass is 35.5. The summed E-state index contributed by atoms with van der Waals surface area (Å²) < 4.78 is 44.7. The number of nitrogen functional groups attached to an aromatic ring is 1. The van der Waals surface area contributed by atoms with Crippen molar-refractivity contribution in [3.8, 4) is 5.75 Å². The van der Waals surface area contributed by atoms with Gasteiger partial charge in [0.2, 0.25) is 5.91 Å². The zero-order chi connectivity index (χ0) is 28.4. The zero-order valence-electron chi connectivity index (χ0n) is 21.0. The van der Waals surface area contributed by atoms with Crippen molar-refractivity contribution in [2.45, 2.75) is 39.5 Å². The molecule has 1 aliphatic rings. The molecule has 0 saturated heterocycles. The number of amides is 1. The maximum atomic E-state index is 12.5. The summed E-state index contributed by atoms with van der Waals surface area (Å²) in [5, 5.41) is 13.1. The monoisotopic (exact) mass is 558 g/mol. The van der Waals surface area contributed by atoms with E-state index in [2.05, 4.69) is 15.1 Å². The van der Waals surface area contributed by atoms with Gasteiger partial charge in [-0.2, -0.15) is 18.3 Å². The molecule has 15 heteroatoms. The number of carbonyl (C=O) groups excluding carboxylic acids is 1. The highest BCUT2D eigenvalue weighted by Crippen LogP contribution is 2.40. The van der Waals surface area contributed by atoms with Crippen LogP contribution in [0.15, 0.2) is 12.4 Å². The number of benzene rings is 1. The molecular weight excluding hydrogens is 533 g/mol. The van der Waals surface area contributed by atoms with E-state index in [9.17, 15) is 18.0 Å². The molecule has 1 unspecified atom stereocenters. The second-order valence-corrected chi connectivity index (χ2v) is 8.85. The van der Waals surface area contributed by atoms with E-state index in [-0.39, 0.29) is 18.6 Å². The number of carboxylic acids is 1. The van der Waals surface area contributed by atoms with Crippen molar-refractivity contribution in [2.75, 3.05) is 32.6 Å². The molecule has 1 atom stereocenters. The van der Waals surface area contributed by atoms with Crippen molar-refractivity contribution < 1.29 is 37.3 Å².